The molecule has 0 unspecified atom stereocenters. The van der Waals surface area contributed by atoms with Gasteiger partial charge in [0.2, 0.25) is 5.91 Å². The molecule has 0 atom stereocenters. The van der Waals surface area contributed by atoms with E-state index in [1.165, 1.54) is 0 Å². The largest absolute Gasteiger partial charge is 0.381 e. The van der Waals surface area contributed by atoms with Gasteiger partial charge in [0.05, 0.1) is 30.1 Å². The summed E-state index contributed by atoms with van der Waals surface area (Å²) in [6, 6.07) is 6.00. The Bertz CT molecular complexity index is 1010. The van der Waals surface area contributed by atoms with E-state index in [-0.39, 0.29) is 12.5 Å². The molecular weight excluding hydrogens is 356 g/mol. The van der Waals surface area contributed by atoms with E-state index in [9.17, 15) is 4.79 Å². The zero-order valence-electron chi connectivity index (χ0n) is 15.5. The number of anilines is 2. The molecular formula is C20H22N6O2. The second kappa shape index (κ2) is 7.20. The number of hydrogen-bond donors (Lipinski definition) is 2. The van der Waals surface area contributed by atoms with Crippen LogP contribution in [0.15, 0.2) is 30.6 Å². The van der Waals surface area contributed by atoms with Crippen LogP contribution in [0.4, 0.5) is 11.6 Å². The topological polar surface area (TPSA) is 96.0 Å². The zero-order valence-corrected chi connectivity index (χ0v) is 15.5. The van der Waals surface area contributed by atoms with Crippen molar-refractivity contribution in [3.05, 3.63) is 30.6 Å². The summed E-state index contributed by atoms with van der Waals surface area (Å²) < 4.78 is 5.44. The number of amides is 1. The van der Waals surface area contributed by atoms with Gasteiger partial charge in [-0.3, -0.25) is 14.8 Å². The van der Waals surface area contributed by atoms with Crippen molar-refractivity contribution < 1.29 is 9.53 Å². The number of nitrogens with zero attached hydrogens (tertiary/aromatic N) is 4. The third-order valence-corrected chi connectivity index (χ3v) is 5.56. The minimum absolute atomic E-state index is 0.0371. The van der Waals surface area contributed by atoms with Crippen LogP contribution in [0.5, 0.6) is 0 Å². The molecule has 0 saturated carbocycles. The van der Waals surface area contributed by atoms with E-state index in [1.54, 1.807) is 17.3 Å². The summed E-state index contributed by atoms with van der Waals surface area (Å²) in [5.41, 5.74) is 2.62. The third kappa shape index (κ3) is 3.20. The molecule has 8 heteroatoms. The molecule has 5 rings (SSSR count). The monoisotopic (exact) mass is 378 g/mol. The number of rotatable bonds is 4. The van der Waals surface area contributed by atoms with Gasteiger partial charge in [-0.1, -0.05) is 12.1 Å². The highest BCUT2D eigenvalue weighted by atomic mass is 16.5. The first-order valence-electron chi connectivity index (χ1n) is 9.70. The number of H-pyrrole nitrogens is 1. The number of aromatic amines is 1. The Labute approximate surface area is 162 Å². The molecule has 1 aromatic carbocycles. The van der Waals surface area contributed by atoms with Crippen LogP contribution >= 0.6 is 0 Å². The van der Waals surface area contributed by atoms with Crippen LogP contribution in [0, 0.1) is 5.92 Å². The van der Waals surface area contributed by atoms with Gasteiger partial charge in [0.15, 0.2) is 11.6 Å². The Morgan fingerprint density at radius 2 is 2.11 bits per heavy atom. The predicted octanol–water partition coefficient (Wildman–Crippen LogP) is 2.60. The van der Waals surface area contributed by atoms with Crippen molar-refractivity contribution in [1.29, 1.82) is 0 Å². The summed E-state index contributed by atoms with van der Waals surface area (Å²) in [6.45, 7) is 2.55. The first-order valence-corrected chi connectivity index (χ1v) is 9.70. The molecule has 1 amide bonds. The standard InChI is InChI=1S/C20H22N6O2/c27-18-12-22-19-20(26(18)6-3-13-4-7-28-8-5-13)24-17(11-21-19)14-1-2-15-10-23-25-16(15)9-14/h1-2,9-11,13H,3-8,12H2,(H,21,22)(H,23,25). The van der Waals surface area contributed by atoms with Gasteiger partial charge in [-0.2, -0.15) is 5.10 Å². The van der Waals surface area contributed by atoms with Crippen LogP contribution in [-0.2, 0) is 9.53 Å². The quantitative estimate of drug-likeness (QED) is 0.724. The van der Waals surface area contributed by atoms with Gasteiger partial charge in [0.1, 0.15) is 0 Å². The van der Waals surface area contributed by atoms with E-state index in [4.69, 9.17) is 9.72 Å². The average molecular weight is 378 g/mol. The second-order valence-electron chi connectivity index (χ2n) is 7.34. The Morgan fingerprint density at radius 3 is 3.00 bits per heavy atom. The molecule has 0 aliphatic carbocycles. The maximum atomic E-state index is 12.6. The summed E-state index contributed by atoms with van der Waals surface area (Å²) in [4.78, 5) is 23.7. The molecule has 4 heterocycles. The maximum absolute atomic E-state index is 12.6. The number of aromatic nitrogens is 4. The van der Waals surface area contributed by atoms with Crippen molar-refractivity contribution in [1.82, 2.24) is 20.2 Å². The molecule has 3 aromatic rings. The molecule has 0 bridgehead atoms. The fraction of sp³-hybridized carbons (Fsp3) is 0.400. The van der Waals surface area contributed by atoms with Crippen LogP contribution in [0.1, 0.15) is 19.3 Å². The number of nitrogens with one attached hydrogen (secondary N) is 2. The van der Waals surface area contributed by atoms with Gasteiger partial charge in [0.25, 0.3) is 0 Å². The summed E-state index contributed by atoms with van der Waals surface area (Å²) in [6.07, 6.45) is 6.61. The van der Waals surface area contributed by atoms with Gasteiger partial charge in [-0.25, -0.2) is 9.97 Å². The highest BCUT2D eigenvalue weighted by Crippen LogP contribution is 2.30. The molecule has 144 valence electrons. The Hall–Kier alpha value is -3.00. The number of carbonyl (C=O) groups excluding carboxylic acids is 1. The SMILES string of the molecule is O=C1CNc2ncc(-c3ccc4cn[nH]c4c3)nc2N1CCC1CCOCC1. The van der Waals surface area contributed by atoms with Crippen LogP contribution in [0.3, 0.4) is 0 Å². The van der Waals surface area contributed by atoms with Crippen LogP contribution in [-0.4, -0.2) is 52.4 Å². The lowest BCUT2D eigenvalue weighted by molar-refractivity contribution is -0.117. The summed E-state index contributed by atoms with van der Waals surface area (Å²) >= 11 is 0. The van der Waals surface area contributed by atoms with E-state index in [1.807, 2.05) is 18.2 Å². The summed E-state index contributed by atoms with van der Waals surface area (Å²) in [7, 11) is 0. The molecule has 28 heavy (non-hydrogen) atoms. The fourth-order valence-corrected chi connectivity index (χ4v) is 3.88. The minimum Gasteiger partial charge on any atom is -0.381 e. The molecule has 1 saturated heterocycles. The second-order valence-corrected chi connectivity index (χ2v) is 7.34. The summed E-state index contributed by atoms with van der Waals surface area (Å²) in [5, 5.41) is 11.2. The van der Waals surface area contributed by atoms with Crippen molar-refractivity contribution in [2.75, 3.05) is 36.5 Å². The van der Waals surface area contributed by atoms with Gasteiger partial charge < -0.3 is 10.1 Å². The lowest BCUT2D eigenvalue weighted by Gasteiger charge is -2.30. The van der Waals surface area contributed by atoms with Crippen molar-refractivity contribution in [2.45, 2.75) is 19.3 Å². The van der Waals surface area contributed by atoms with Crippen molar-refractivity contribution in [3.8, 4) is 11.3 Å². The van der Waals surface area contributed by atoms with Gasteiger partial charge in [0, 0.05) is 30.7 Å². The van der Waals surface area contributed by atoms with E-state index in [0.717, 1.165) is 54.6 Å². The van der Waals surface area contributed by atoms with Crippen molar-refractivity contribution >= 4 is 28.4 Å². The molecule has 1 fully saturated rings. The number of ether oxygens (including phenoxy) is 1. The van der Waals surface area contributed by atoms with E-state index >= 15 is 0 Å². The first-order chi connectivity index (χ1) is 13.8. The predicted molar refractivity (Wildman–Crippen MR) is 106 cm³/mol. The highest BCUT2D eigenvalue weighted by Gasteiger charge is 2.28. The highest BCUT2D eigenvalue weighted by molar-refractivity contribution is 6.01. The van der Waals surface area contributed by atoms with Gasteiger partial charge in [-0.15, -0.1) is 0 Å². The normalized spacial score (nSPS) is 17.6. The first kappa shape index (κ1) is 17.1. The number of carbonyl (C=O) groups is 1. The molecule has 2 aliphatic rings. The molecule has 0 spiro atoms. The van der Waals surface area contributed by atoms with Crippen molar-refractivity contribution in [3.63, 3.8) is 0 Å². The summed E-state index contributed by atoms with van der Waals surface area (Å²) in [5.74, 6) is 1.91. The molecule has 2 aromatic heterocycles. The fourth-order valence-electron chi connectivity index (χ4n) is 3.88. The van der Waals surface area contributed by atoms with Crippen LogP contribution in [0.2, 0.25) is 0 Å². The Morgan fingerprint density at radius 1 is 1.21 bits per heavy atom. The van der Waals surface area contributed by atoms with Crippen LogP contribution in [0.25, 0.3) is 22.2 Å². The molecule has 8 nitrogen and oxygen atoms in total. The van der Waals surface area contributed by atoms with Gasteiger partial charge in [-0.05, 0) is 31.2 Å². The van der Waals surface area contributed by atoms with Crippen molar-refractivity contribution in [2.24, 2.45) is 5.92 Å². The smallest absolute Gasteiger partial charge is 0.247 e. The van der Waals surface area contributed by atoms with Gasteiger partial charge >= 0.3 is 0 Å². The molecule has 2 N–H and O–H groups in total. The maximum Gasteiger partial charge on any atom is 0.247 e. The third-order valence-electron chi connectivity index (χ3n) is 5.56. The lowest BCUT2D eigenvalue weighted by atomic mass is 9.96. The minimum atomic E-state index is 0.0371. The van der Waals surface area contributed by atoms with E-state index < -0.39 is 0 Å². The lowest BCUT2D eigenvalue weighted by Crippen LogP contribution is -2.42. The van der Waals surface area contributed by atoms with E-state index in [0.29, 0.717) is 24.1 Å². The number of benzene rings is 1. The zero-order chi connectivity index (χ0) is 18.9. The Balaban J connectivity index is 1.43. The molecule has 0 radical (unpaired) electrons. The number of fused-ring (bicyclic) bond motifs is 2. The Kier molecular flexibility index (Phi) is 4.40. The molecule has 2 aliphatic heterocycles. The average Bonchev–Trinajstić information content (AvgIpc) is 3.21. The number of hydrogen-bond acceptors (Lipinski definition) is 6. The van der Waals surface area contributed by atoms with E-state index in [2.05, 4.69) is 20.5 Å². The van der Waals surface area contributed by atoms with Crippen LogP contribution < -0.4 is 10.2 Å².